The first-order chi connectivity index (χ1) is 8.17. The van der Waals surface area contributed by atoms with Gasteiger partial charge in [0.15, 0.2) is 0 Å². The van der Waals surface area contributed by atoms with E-state index < -0.39 is 0 Å². The largest absolute Gasteiger partial charge is 0.327 e. The second-order valence-electron chi connectivity index (χ2n) is 5.55. The lowest BCUT2D eigenvalue weighted by Gasteiger charge is -2.29. The summed E-state index contributed by atoms with van der Waals surface area (Å²) in [6.45, 7) is 9.22. The minimum Gasteiger partial charge on any atom is -0.327 e. The van der Waals surface area contributed by atoms with Gasteiger partial charge in [0.2, 0.25) is 0 Å². The summed E-state index contributed by atoms with van der Waals surface area (Å²) in [7, 11) is 2.22. The van der Waals surface area contributed by atoms with E-state index in [0.717, 1.165) is 12.6 Å². The van der Waals surface area contributed by atoms with Gasteiger partial charge in [-0.15, -0.1) is 0 Å². The van der Waals surface area contributed by atoms with Gasteiger partial charge in [-0.25, -0.2) is 0 Å². The number of hydrogen-bond acceptors (Lipinski definition) is 3. The first kappa shape index (κ1) is 14.9. The Kier molecular flexibility index (Phi) is 7.09. The summed E-state index contributed by atoms with van der Waals surface area (Å²) in [6.07, 6.45) is 6.42. The molecular weight excluding hydrogens is 210 g/mol. The third-order valence-corrected chi connectivity index (χ3v) is 3.90. The Hall–Kier alpha value is -0.120. The molecule has 0 aromatic heterocycles. The van der Waals surface area contributed by atoms with Crippen LogP contribution in [-0.4, -0.2) is 55.1 Å². The van der Waals surface area contributed by atoms with Gasteiger partial charge in [0.25, 0.3) is 0 Å². The van der Waals surface area contributed by atoms with Gasteiger partial charge in [-0.3, -0.25) is 4.90 Å². The molecule has 1 saturated heterocycles. The van der Waals surface area contributed by atoms with Crippen LogP contribution < -0.4 is 5.73 Å². The fraction of sp³-hybridized carbons (Fsp3) is 1.00. The maximum atomic E-state index is 6.15. The highest BCUT2D eigenvalue weighted by Crippen LogP contribution is 2.17. The Morgan fingerprint density at radius 3 is 2.82 bits per heavy atom. The fourth-order valence-electron chi connectivity index (χ4n) is 2.91. The van der Waals surface area contributed by atoms with E-state index in [0.29, 0.717) is 6.04 Å². The van der Waals surface area contributed by atoms with E-state index in [9.17, 15) is 0 Å². The van der Waals surface area contributed by atoms with Crippen molar-refractivity contribution in [1.82, 2.24) is 9.80 Å². The molecular formula is C14H31N3. The first-order valence-corrected chi connectivity index (χ1v) is 7.35. The lowest BCUT2D eigenvalue weighted by Crippen LogP contribution is -2.43. The summed E-state index contributed by atoms with van der Waals surface area (Å²) in [5.74, 6) is 0. The van der Waals surface area contributed by atoms with Gasteiger partial charge < -0.3 is 10.6 Å². The molecule has 0 spiro atoms. The predicted molar refractivity (Wildman–Crippen MR) is 75.3 cm³/mol. The molecule has 1 fully saturated rings. The molecule has 0 aliphatic carbocycles. The maximum absolute atomic E-state index is 6.15. The molecule has 1 aliphatic heterocycles. The minimum atomic E-state index is 0.358. The highest BCUT2D eigenvalue weighted by atomic mass is 15.2. The van der Waals surface area contributed by atoms with Gasteiger partial charge in [-0.05, 0) is 39.4 Å². The van der Waals surface area contributed by atoms with Crippen molar-refractivity contribution in [2.24, 2.45) is 5.73 Å². The van der Waals surface area contributed by atoms with Gasteiger partial charge in [0.05, 0.1) is 0 Å². The van der Waals surface area contributed by atoms with Crippen molar-refractivity contribution < 1.29 is 0 Å². The molecule has 1 aliphatic rings. The average molecular weight is 241 g/mol. The molecule has 2 atom stereocenters. The van der Waals surface area contributed by atoms with Crippen LogP contribution in [0.2, 0.25) is 0 Å². The molecule has 0 aromatic carbocycles. The van der Waals surface area contributed by atoms with Gasteiger partial charge in [0, 0.05) is 25.2 Å². The van der Waals surface area contributed by atoms with E-state index in [4.69, 9.17) is 5.73 Å². The van der Waals surface area contributed by atoms with Crippen molar-refractivity contribution in [3.05, 3.63) is 0 Å². The van der Waals surface area contributed by atoms with E-state index in [-0.39, 0.29) is 0 Å². The Morgan fingerprint density at radius 1 is 1.41 bits per heavy atom. The zero-order chi connectivity index (χ0) is 12.7. The third kappa shape index (κ3) is 5.36. The smallest absolute Gasteiger partial charge is 0.0223 e. The lowest BCUT2D eigenvalue weighted by molar-refractivity contribution is 0.191. The van der Waals surface area contributed by atoms with Gasteiger partial charge in [-0.2, -0.15) is 0 Å². The van der Waals surface area contributed by atoms with Gasteiger partial charge in [-0.1, -0.05) is 26.7 Å². The SMILES string of the molecule is CCCC[C@H](N)CN(C)CC1CCCN1CC. The number of unbranched alkanes of at least 4 members (excludes halogenated alkanes) is 1. The number of hydrogen-bond donors (Lipinski definition) is 1. The van der Waals surface area contributed by atoms with Gasteiger partial charge in [0.1, 0.15) is 0 Å². The van der Waals surface area contributed by atoms with E-state index in [1.165, 1.54) is 51.7 Å². The Bertz CT molecular complexity index is 196. The van der Waals surface area contributed by atoms with Gasteiger partial charge >= 0.3 is 0 Å². The zero-order valence-electron chi connectivity index (χ0n) is 12.0. The highest BCUT2D eigenvalue weighted by Gasteiger charge is 2.24. The van der Waals surface area contributed by atoms with Crippen molar-refractivity contribution in [3.8, 4) is 0 Å². The molecule has 0 bridgehead atoms. The second kappa shape index (κ2) is 8.06. The number of nitrogens with two attached hydrogens (primary N) is 1. The Balaban J connectivity index is 2.21. The summed E-state index contributed by atoms with van der Waals surface area (Å²) in [5.41, 5.74) is 6.15. The highest BCUT2D eigenvalue weighted by molar-refractivity contribution is 4.81. The molecule has 3 heteroatoms. The third-order valence-electron chi connectivity index (χ3n) is 3.90. The van der Waals surface area contributed by atoms with E-state index >= 15 is 0 Å². The Morgan fingerprint density at radius 2 is 2.18 bits per heavy atom. The molecule has 0 aromatic rings. The molecule has 102 valence electrons. The lowest BCUT2D eigenvalue weighted by atomic mass is 10.1. The Labute approximate surface area is 107 Å². The van der Waals surface area contributed by atoms with Crippen LogP contribution in [0.1, 0.15) is 46.0 Å². The number of nitrogens with zero attached hydrogens (tertiary/aromatic N) is 2. The average Bonchev–Trinajstić information content (AvgIpc) is 2.73. The van der Waals surface area contributed by atoms with Crippen LogP contribution in [0.15, 0.2) is 0 Å². The van der Waals surface area contributed by atoms with Crippen molar-refractivity contribution >= 4 is 0 Å². The fourth-order valence-corrected chi connectivity index (χ4v) is 2.91. The second-order valence-corrected chi connectivity index (χ2v) is 5.55. The molecule has 3 nitrogen and oxygen atoms in total. The van der Waals surface area contributed by atoms with E-state index in [1.807, 2.05) is 0 Å². The van der Waals surface area contributed by atoms with Crippen molar-refractivity contribution in [1.29, 1.82) is 0 Å². The van der Waals surface area contributed by atoms with Crippen LogP contribution in [0.5, 0.6) is 0 Å². The van der Waals surface area contributed by atoms with Crippen LogP contribution in [-0.2, 0) is 0 Å². The summed E-state index contributed by atoms with van der Waals surface area (Å²) >= 11 is 0. The number of likely N-dealkylation sites (tertiary alicyclic amines) is 1. The normalized spacial score (nSPS) is 23.5. The monoisotopic (exact) mass is 241 g/mol. The van der Waals surface area contributed by atoms with Crippen molar-refractivity contribution in [3.63, 3.8) is 0 Å². The number of rotatable bonds is 8. The zero-order valence-corrected chi connectivity index (χ0v) is 12.0. The number of likely N-dealkylation sites (N-methyl/N-ethyl adjacent to an activating group) is 2. The molecule has 1 rings (SSSR count). The molecule has 0 saturated carbocycles. The maximum Gasteiger partial charge on any atom is 0.0223 e. The summed E-state index contributed by atoms with van der Waals surface area (Å²) in [5, 5.41) is 0. The van der Waals surface area contributed by atoms with Crippen LogP contribution in [0.25, 0.3) is 0 Å². The molecule has 2 N–H and O–H groups in total. The van der Waals surface area contributed by atoms with E-state index in [2.05, 4.69) is 30.7 Å². The molecule has 1 unspecified atom stereocenters. The quantitative estimate of drug-likeness (QED) is 0.705. The first-order valence-electron chi connectivity index (χ1n) is 7.35. The topological polar surface area (TPSA) is 32.5 Å². The summed E-state index contributed by atoms with van der Waals surface area (Å²) < 4.78 is 0. The standard InChI is InChI=1S/C14H31N3/c1-4-6-8-13(15)11-16(3)12-14-9-7-10-17(14)5-2/h13-14H,4-12,15H2,1-3H3/t13-,14?/m0/s1. The minimum absolute atomic E-state index is 0.358. The van der Waals surface area contributed by atoms with Crippen LogP contribution in [0.3, 0.4) is 0 Å². The molecule has 17 heavy (non-hydrogen) atoms. The molecule has 0 radical (unpaired) electrons. The predicted octanol–water partition coefficient (Wildman–Crippen LogP) is 1.92. The van der Waals surface area contributed by atoms with Crippen molar-refractivity contribution in [2.75, 3.05) is 33.2 Å². The summed E-state index contributed by atoms with van der Waals surface area (Å²) in [4.78, 5) is 5.03. The van der Waals surface area contributed by atoms with Crippen LogP contribution >= 0.6 is 0 Å². The molecule has 0 amide bonds. The van der Waals surface area contributed by atoms with Crippen LogP contribution in [0.4, 0.5) is 0 Å². The summed E-state index contributed by atoms with van der Waals surface area (Å²) in [6, 6.07) is 1.12. The molecule has 1 heterocycles. The van der Waals surface area contributed by atoms with E-state index in [1.54, 1.807) is 0 Å². The van der Waals surface area contributed by atoms with Crippen LogP contribution in [0, 0.1) is 0 Å². The van der Waals surface area contributed by atoms with Crippen molar-refractivity contribution in [2.45, 2.75) is 58.0 Å².